The van der Waals surface area contributed by atoms with Gasteiger partial charge in [-0.2, -0.15) is 0 Å². The van der Waals surface area contributed by atoms with Crippen molar-refractivity contribution in [3.8, 4) is 0 Å². The van der Waals surface area contributed by atoms with Crippen molar-refractivity contribution in [2.24, 2.45) is 97.7 Å². The van der Waals surface area contributed by atoms with Gasteiger partial charge in [0.25, 0.3) is 0 Å². The predicted octanol–water partition coefficient (Wildman–Crippen LogP) is 5.12. The molecule has 8 saturated carbocycles. The van der Waals surface area contributed by atoms with E-state index in [1.807, 2.05) is 0 Å². The minimum absolute atomic E-state index is 0. The van der Waals surface area contributed by atoms with Gasteiger partial charge in [-0.05, 0) is 221 Å². The number of carbonyl (C=O) groups is 3. The zero-order valence-corrected chi connectivity index (χ0v) is 42.9. The van der Waals surface area contributed by atoms with Gasteiger partial charge in [-0.3, -0.25) is 14.6 Å². The number of carboxylic acids is 2. The number of carboxylic acid groups (broad SMARTS) is 2. The van der Waals surface area contributed by atoms with E-state index in [0.717, 1.165) is 83.5 Å². The zero-order chi connectivity index (χ0) is 46.5. The van der Waals surface area contributed by atoms with E-state index in [1.165, 1.54) is 25.7 Å². The van der Waals surface area contributed by atoms with Crippen LogP contribution in [0.25, 0.3) is 0 Å². The number of fused-ring (bicyclic) bond motifs is 10. The molecule has 0 spiro atoms. The maximum atomic E-state index is 12.0. The molecule has 1 amide bonds. The Morgan fingerprint density at radius 2 is 1.08 bits per heavy atom. The quantitative estimate of drug-likeness (QED) is 0.0862. The van der Waals surface area contributed by atoms with Gasteiger partial charge < -0.3 is 45.9 Å². The van der Waals surface area contributed by atoms with Crippen molar-refractivity contribution in [3.05, 3.63) is 0 Å². The SMILES string of the molecule is C[C@H](CCC(=O)NCC(=O)O)[C@H]1CC[C@H]2[C@@H]3CC[C@@H]4C[C@H](O)CC[C@]4(C)[C@H]3C[C@H](O)[C@]12C.C[C@H](CCC([O-])=NCC(=O)[O-])[C@H]1CC[C@H]2[C@@H]3CC[C@@H]4C[C@H](O)CC[C@]4(C)[C@H]3C[C@H](O)[C@]12C.[Ca+2]. The Kier molecular flexibility index (Phi) is 17.3. The molecule has 364 valence electrons. The van der Waals surface area contributed by atoms with E-state index in [0.29, 0.717) is 77.9 Å². The van der Waals surface area contributed by atoms with Crippen molar-refractivity contribution in [3.63, 3.8) is 0 Å². The third kappa shape index (κ3) is 10.3. The average molecular weight is 937 g/mol. The Morgan fingerprint density at radius 1 is 0.631 bits per heavy atom. The summed E-state index contributed by atoms with van der Waals surface area (Å²) in [7, 11) is 0. The number of rotatable bonds is 12. The van der Waals surface area contributed by atoms with Crippen LogP contribution in [0, 0.1) is 92.7 Å². The van der Waals surface area contributed by atoms with Gasteiger partial charge in [0.15, 0.2) is 0 Å². The monoisotopic (exact) mass is 937 g/mol. The van der Waals surface area contributed by atoms with Crippen molar-refractivity contribution in [2.45, 2.75) is 194 Å². The number of aliphatic carboxylic acids is 2. The molecular weight excluding hydrogens is 853 g/mol. The summed E-state index contributed by atoms with van der Waals surface area (Å²) < 4.78 is 0. The first kappa shape index (κ1) is 53.3. The van der Waals surface area contributed by atoms with E-state index in [2.05, 4.69) is 51.9 Å². The summed E-state index contributed by atoms with van der Waals surface area (Å²) in [5.74, 6) is 3.10. The molecule has 0 radical (unpaired) electrons. The number of aliphatic hydroxyl groups excluding tert-OH is 4. The van der Waals surface area contributed by atoms with E-state index in [-0.39, 0.29) is 115 Å². The van der Waals surface area contributed by atoms with E-state index in [1.54, 1.807) is 0 Å². The van der Waals surface area contributed by atoms with Gasteiger partial charge in [0.1, 0.15) is 6.54 Å². The molecule has 0 heterocycles. The number of hydrogen-bond donors (Lipinski definition) is 6. The fraction of sp³-hybridized carbons (Fsp3) is 0.923. The summed E-state index contributed by atoms with van der Waals surface area (Å²) in [5.41, 5.74) is 0.260. The fourth-order valence-corrected chi connectivity index (χ4v) is 17.9. The van der Waals surface area contributed by atoms with Crippen LogP contribution in [-0.2, 0) is 14.4 Å². The van der Waals surface area contributed by atoms with Crippen molar-refractivity contribution in [2.75, 3.05) is 13.1 Å². The Bertz CT molecular complexity index is 1720. The van der Waals surface area contributed by atoms with Crippen LogP contribution >= 0.6 is 0 Å². The number of nitrogens with one attached hydrogen (secondary N) is 1. The molecule has 8 fully saturated rings. The van der Waals surface area contributed by atoms with Gasteiger partial charge in [0.05, 0.1) is 36.9 Å². The van der Waals surface area contributed by atoms with Crippen molar-refractivity contribution in [1.29, 1.82) is 0 Å². The minimum Gasteiger partial charge on any atom is -0.862 e. The summed E-state index contributed by atoms with van der Waals surface area (Å²) in [6, 6.07) is 0. The average Bonchev–Trinajstić information content (AvgIpc) is 3.80. The van der Waals surface area contributed by atoms with Gasteiger partial charge in [0.2, 0.25) is 5.91 Å². The second-order valence-corrected chi connectivity index (χ2v) is 24.1. The molecule has 8 rings (SSSR count). The van der Waals surface area contributed by atoms with Gasteiger partial charge >= 0.3 is 43.7 Å². The van der Waals surface area contributed by atoms with Gasteiger partial charge in [-0.1, -0.05) is 41.5 Å². The van der Waals surface area contributed by atoms with Crippen LogP contribution in [0.15, 0.2) is 4.99 Å². The largest absolute Gasteiger partial charge is 2.00 e. The van der Waals surface area contributed by atoms with Crippen molar-refractivity contribution in [1.82, 2.24) is 5.32 Å². The minimum atomic E-state index is -1.33. The van der Waals surface area contributed by atoms with Crippen LogP contribution in [0.5, 0.6) is 0 Å². The third-order valence-corrected chi connectivity index (χ3v) is 21.5. The van der Waals surface area contributed by atoms with Crippen LogP contribution < -0.4 is 15.5 Å². The van der Waals surface area contributed by atoms with E-state index >= 15 is 0 Å². The molecule has 0 aromatic heterocycles. The second-order valence-electron chi connectivity index (χ2n) is 24.1. The Balaban J connectivity index is 0.000000212. The molecule has 12 nitrogen and oxygen atoms in total. The number of aliphatic hydroxyl groups is 4. The van der Waals surface area contributed by atoms with Gasteiger partial charge in [0, 0.05) is 6.42 Å². The molecule has 0 unspecified atom stereocenters. The van der Waals surface area contributed by atoms with Crippen molar-refractivity contribution >= 4 is 61.5 Å². The fourth-order valence-electron chi connectivity index (χ4n) is 17.9. The standard InChI is InChI=1S/2C26H43NO5.Ca/c2*1-15(4-9-23(30)27-14-24(31)32)19-7-8-20-18-6-5-16-12-17(28)10-11-25(16,2)21(18)13-22(29)26(19,20)3;/h2*15-22,28-29H,4-14H2,1-3H3,(H,27,30)(H,31,32);/q;;+2/p-2/t2*15-,16-,17-,18+,19-,20+,21+,22+,25+,26-;/m11./s1. The normalized spacial score (nSPS) is 46.2. The molecule has 20 atom stereocenters. The molecule has 0 aromatic carbocycles. The van der Waals surface area contributed by atoms with Crippen LogP contribution in [0.3, 0.4) is 0 Å². The van der Waals surface area contributed by atoms with Crippen LogP contribution in [-0.4, -0.2) is 125 Å². The van der Waals surface area contributed by atoms with Gasteiger partial charge in [-0.25, -0.2) is 0 Å². The molecule has 8 aliphatic rings. The van der Waals surface area contributed by atoms with Crippen LogP contribution in [0.1, 0.15) is 170 Å². The molecule has 6 N–H and O–H groups in total. The summed E-state index contributed by atoms with van der Waals surface area (Å²) >= 11 is 0. The topological polar surface area (TPSA) is 223 Å². The molecule has 13 heteroatoms. The van der Waals surface area contributed by atoms with E-state index in [9.17, 15) is 45.0 Å². The summed E-state index contributed by atoms with van der Waals surface area (Å²) in [6.45, 7) is 13.0. The summed E-state index contributed by atoms with van der Waals surface area (Å²) in [6.07, 6.45) is 18.0. The number of hydrogen-bond acceptors (Lipinski definition) is 10. The maximum Gasteiger partial charge on any atom is 2.00 e. The molecular formula is C52H84CaN2O10. The van der Waals surface area contributed by atoms with E-state index < -0.39 is 18.5 Å². The maximum absolute atomic E-state index is 12.0. The molecule has 0 aliphatic heterocycles. The molecule has 0 bridgehead atoms. The smallest absolute Gasteiger partial charge is 0.862 e. The van der Waals surface area contributed by atoms with Crippen LogP contribution in [0.2, 0.25) is 0 Å². The first-order valence-corrected chi connectivity index (χ1v) is 25.7. The van der Waals surface area contributed by atoms with Crippen LogP contribution in [0.4, 0.5) is 0 Å². The second kappa shape index (κ2) is 21.1. The molecule has 0 aromatic rings. The Morgan fingerprint density at radius 3 is 1.51 bits per heavy atom. The molecule has 65 heavy (non-hydrogen) atoms. The Hall–Kier alpha value is -1.02. The molecule has 0 saturated heterocycles. The molecule has 8 aliphatic carbocycles. The van der Waals surface area contributed by atoms with Gasteiger partial charge in [-0.15, -0.1) is 0 Å². The first-order valence-electron chi connectivity index (χ1n) is 25.7. The zero-order valence-electron chi connectivity index (χ0n) is 40.7. The predicted molar refractivity (Wildman–Crippen MR) is 246 cm³/mol. The summed E-state index contributed by atoms with van der Waals surface area (Å²) in [5, 5.41) is 77.3. The number of aliphatic imine (C=N–C) groups is 1. The number of amides is 1. The Labute approximate surface area is 419 Å². The number of carbonyl (C=O) groups excluding carboxylic acids is 2. The summed E-state index contributed by atoms with van der Waals surface area (Å²) in [4.78, 5) is 36.8. The van der Waals surface area contributed by atoms with E-state index in [4.69, 9.17) is 5.11 Å². The number of nitrogens with zero attached hydrogens (tertiary/aromatic N) is 1. The first-order chi connectivity index (χ1) is 30.1. The van der Waals surface area contributed by atoms with Crippen molar-refractivity contribution < 1.29 is 50.1 Å². The third-order valence-electron chi connectivity index (χ3n) is 21.5.